The molecule has 0 radical (unpaired) electrons. The molecular weight excluding hydrogens is 212 g/mol. The number of alkyl halides is 1. The van der Waals surface area contributed by atoms with Crippen LogP contribution < -0.4 is 0 Å². The fourth-order valence-electron chi connectivity index (χ4n) is 1.41. The summed E-state index contributed by atoms with van der Waals surface area (Å²) in [5.74, 6) is 0.658. The molecule has 1 atom stereocenters. The largest absolute Gasteiger partial charge is 0.196 e. The first-order chi connectivity index (χ1) is 7.20. The lowest BCUT2D eigenvalue weighted by atomic mass is 10.2. The van der Waals surface area contributed by atoms with Gasteiger partial charge in [-0.15, -0.1) is 16.7 Å². The van der Waals surface area contributed by atoms with Crippen LogP contribution in [0.15, 0.2) is 24.3 Å². The average Bonchev–Trinajstić information content (AvgIpc) is 2.67. The molecule has 1 aromatic carbocycles. The van der Waals surface area contributed by atoms with Gasteiger partial charge in [-0.1, -0.05) is 18.2 Å². The van der Waals surface area contributed by atoms with E-state index in [4.69, 9.17) is 11.6 Å². The zero-order chi connectivity index (χ0) is 10.8. The van der Waals surface area contributed by atoms with Crippen LogP contribution in [0.5, 0.6) is 0 Å². The number of aryl methyl sites for hydroxylation is 1. The summed E-state index contributed by atoms with van der Waals surface area (Å²) in [6.07, 6.45) is 0. The Labute approximate surface area is 92.9 Å². The third-order valence-electron chi connectivity index (χ3n) is 2.19. The molecule has 1 unspecified atom stereocenters. The second kappa shape index (κ2) is 3.98. The van der Waals surface area contributed by atoms with Crippen molar-refractivity contribution in [2.75, 3.05) is 0 Å². The Morgan fingerprint density at radius 3 is 2.73 bits per heavy atom. The van der Waals surface area contributed by atoms with Crippen LogP contribution in [0.1, 0.15) is 23.7 Å². The lowest BCUT2D eigenvalue weighted by molar-refractivity contribution is 0.757. The number of rotatable bonds is 2. The van der Waals surface area contributed by atoms with E-state index in [9.17, 15) is 0 Å². The lowest BCUT2D eigenvalue weighted by Gasteiger charge is -2.07. The molecule has 2 aromatic rings. The van der Waals surface area contributed by atoms with Gasteiger partial charge < -0.3 is 0 Å². The molecule has 0 aliphatic carbocycles. The highest BCUT2D eigenvalue weighted by molar-refractivity contribution is 6.20. The maximum atomic E-state index is 5.99. The predicted molar refractivity (Wildman–Crippen MR) is 58.2 cm³/mol. The van der Waals surface area contributed by atoms with E-state index in [1.165, 1.54) is 0 Å². The number of nitrogens with zero attached hydrogens (tertiary/aromatic N) is 4. The first-order valence-electron chi connectivity index (χ1n) is 4.68. The van der Waals surface area contributed by atoms with E-state index >= 15 is 0 Å². The molecule has 4 nitrogen and oxygen atoms in total. The zero-order valence-electron chi connectivity index (χ0n) is 8.55. The topological polar surface area (TPSA) is 43.6 Å². The van der Waals surface area contributed by atoms with Gasteiger partial charge >= 0.3 is 0 Å². The SMILES string of the molecule is Cc1ccccc1-n1nnnc1C(C)Cl. The van der Waals surface area contributed by atoms with Gasteiger partial charge in [0, 0.05) is 0 Å². The second-order valence-corrected chi connectivity index (χ2v) is 4.01. The van der Waals surface area contributed by atoms with Crippen molar-refractivity contribution in [1.29, 1.82) is 0 Å². The Hall–Kier alpha value is -1.42. The van der Waals surface area contributed by atoms with E-state index in [1.54, 1.807) is 4.68 Å². The van der Waals surface area contributed by atoms with Crippen molar-refractivity contribution >= 4 is 11.6 Å². The van der Waals surface area contributed by atoms with Crippen molar-refractivity contribution < 1.29 is 0 Å². The standard InChI is InChI=1S/C10H11ClN4/c1-7-5-3-4-6-9(7)15-10(8(2)11)12-13-14-15/h3-6,8H,1-2H3. The van der Waals surface area contributed by atoms with Crippen molar-refractivity contribution in [3.8, 4) is 5.69 Å². The summed E-state index contributed by atoms with van der Waals surface area (Å²) in [7, 11) is 0. The second-order valence-electron chi connectivity index (χ2n) is 3.35. The van der Waals surface area contributed by atoms with E-state index in [0.29, 0.717) is 5.82 Å². The van der Waals surface area contributed by atoms with Gasteiger partial charge in [0.25, 0.3) is 0 Å². The van der Waals surface area contributed by atoms with E-state index < -0.39 is 0 Å². The zero-order valence-corrected chi connectivity index (χ0v) is 9.31. The number of benzene rings is 1. The van der Waals surface area contributed by atoms with Crippen LogP contribution in [0.3, 0.4) is 0 Å². The fourth-order valence-corrected chi connectivity index (χ4v) is 1.55. The number of para-hydroxylation sites is 1. The van der Waals surface area contributed by atoms with Crippen LogP contribution in [-0.2, 0) is 0 Å². The number of tetrazole rings is 1. The summed E-state index contributed by atoms with van der Waals surface area (Å²) in [6.45, 7) is 3.86. The predicted octanol–water partition coefficient (Wildman–Crippen LogP) is 2.27. The van der Waals surface area contributed by atoms with Crippen molar-refractivity contribution in [2.24, 2.45) is 0 Å². The monoisotopic (exact) mass is 222 g/mol. The molecule has 1 heterocycles. The minimum atomic E-state index is -0.209. The maximum Gasteiger partial charge on any atom is 0.174 e. The van der Waals surface area contributed by atoms with Gasteiger partial charge in [-0.3, -0.25) is 0 Å². The molecule has 15 heavy (non-hydrogen) atoms. The molecule has 78 valence electrons. The molecule has 0 N–H and O–H groups in total. The Morgan fingerprint density at radius 1 is 1.33 bits per heavy atom. The molecule has 0 fully saturated rings. The van der Waals surface area contributed by atoms with E-state index in [0.717, 1.165) is 11.3 Å². The third kappa shape index (κ3) is 1.85. The van der Waals surface area contributed by atoms with Crippen molar-refractivity contribution in [2.45, 2.75) is 19.2 Å². The summed E-state index contributed by atoms with van der Waals surface area (Å²) in [5, 5.41) is 11.3. The van der Waals surface area contributed by atoms with Gasteiger partial charge in [0.05, 0.1) is 11.1 Å². The normalized spacial score (nSPS) is 12.7. The van der Waals surface area contributed by atoms with Crippen molar-refractivity contribution in [3.05, 3.63) is 35.7 Å². The summed E-state index contributed by atoms with van der Waals surface area (Å²) in [5.41, 5.74) is 2.08. The minimum Gasteiger partial charge on any atom is -0.196 e. The maximum absolute atomic E-state index is 5.99. The quantitative estimate of drug-likeness (QED) is 0.733. The highest BCUT2D eigenvalue weighted by atomic mass is 35.5. The molecule has 0 aliphatic heterocycles. The molecule has 1 aromatic heterocycles. The molecule has 5 heteroatoms. The number of hydrogen-bond acceptors (Lipinski definition) is 3. The van der Waals surface area contributed by atoms with Crippen molar-refractivity contribution in [1.82, 2.24) is 20.2 Å². The van der Waals surface area contributed by atoms with Gasteiger partial charge in [0.1, 0.15) is 0 Å². The summed E-state index contributed by atoms with van der Waals surface area (Å²) in [6, 6.07) is 7.91. The average molecular weight is 223 g/mol. The number of halogens is 1. The van der Waals surface area contributed by atoms with E-state index in [1.807, 2.05) is 38.1 Å². The van der Waals surface area contributed by atoms with Gasteiger partial charge in [0.15, 0.2) is 5.82 Å². The molecule has 0 aliphatic rings. The van der Waals surface area contributed by atoms with Gasteiger partial charge in [-0.2, -0.15) is 4.68 Å². The first-order valence-corrected chi connectivity index (χ1v) is 5.12. The smallest absolute Gasteiger partial charge is 0.174 e. The van der Waals surface area contributed by atoms with Crippen LogP contribution in [0.2, 0.25) is 0 Å². The molecule has 2 rings (SSSR count). The number of aromatic nitrogens is 4. The summed E-state index contributed by atoms with van der Waals surface area (Å²) in [4.78, 5) is 0. The van der Waals surface area contributed by atoms with Crippen molar-refractivity contribution in [3.63, 3.8) is 0 Å². The Kier molecular flexibility index (Phi) is 2.68. The van der Waals surface area contributed by atoms with Crippen LogP contribution in [0, 0.1) is 6.92 Å². The van der Waals surface area contributed by atoms with E-state index in [2.05, 4.69) is 15.5 Å². The fraction of sp³-hybridized carbons (Fsp3) is 0.300. The molecule has 0 saturated carbocycles. The number of hydrogen-bond donors (Lipinski definition) is 0. The minimum absolute atomic E-state index is 0.209. The highest BCUT2D eigenvalue weighted by Crippen LogP contribution is 2.20. The third-order valence-corrected chi connectivity index (χ3v) is 2.39. The first kappa shape index (κ1) is 10.1. The summed E-state index contributed by atoms with van der Waals surface area (Å²) < 4.78 is 1.67. The molecule has 0 saturated heterocycles. The van der Waals surface area contributed by atoms with Crippen LogP contribution >= 0.6 is 11.6 Å². The molecule has 0 spiro atoms. The van der Waals surface area contributed by atoms with Crippen LogP contribution in [-0.4, -0.2) is 20.2 Å². The van der Waals surface area contributed by atoms with Gasteiger partial charge in [0.2, 0.25) is 0 Å². The Morgan fingerprint density at radius 2 is 2.07 bits per heavy atom. The lowest BCUT2D eigenvalue weighted by Crippen LogP contribution is -2.05. The Balaban J connectivity index is 2.55. The molecular formula is C10H11ClN4. The van der Waals surface area contributed by atoms with Crippen LogP contribution in [0.25, 0.3) is 5.69 Å². The highest BCUT2D eigenvalue weighted by Gasteiger charge is 2.13. The van der Waals surface area contributed by atoms with Crippen LogP contribution in [0.4, 0.5) is 0 Å². The Bertz CT molecular complexity index is 464. The van der Waals surface area contributed by atoms with Gasteiger partial charge in [-0.05, 0) is 35.9 Å². The van der Waals surface area contributed by atoms with E-state index in [-0.39, 0.29) is 5.38 Å². The summed E-state index contributed by atoms with van der Waals surface area (Å²) >= 11 is 5.99. The molecule has 0 amide bonds. The molecule has 0 bridgehead atoms. The van der Waals surface area contributed by atoms with Gasteiger partial charge in [-0.25, -0.2) is 0 Å².